The van der Waals surface area contributed by atoms with Gasteiger partial charge in [0.1, 0.15) is 0 Å². The van der Waals surface area contributed by atoms with Gasteiger partial charge in [0.25, 0.3) is 0 Å². The third-order valence-corrected chi connectivity index (χ3v) is 2.12. The summed E-state index contributed by atoms with van der Waals surface area (Å²) in [6.45, 7) is -3.77. The van der Waals surface area contributed by atoms with E-state index >= 15 is 0 Å². The summed E-state index contributed by atoms with van der Waals surface area (Å²) in [4.78, 5) is 14.4. The maximum atomic E-state index is 12.0. The molecule has 0 bridgehead atoms. The summed E-state index contributed by atoms with van der Waals surface area (Å²) in [6, 6.07) is 6.45. The zero-order valence-electron chi connectivity index (χ0n) is 9.86. The van der Waals surface area contributed by atoms with E-state index in [2.05, 4.69) is 9.57 Å². The SMILES string of the molecule is O=C(ON[C@H](COC(F)F)c1ccccc1)C(F)(F)F. The van der Waals surface area contributed by atoms with Gasteiger partial charge >= 0.3 is 18.8 Å². The fourth-order valence-corrected chi connectivity index (χ4v) is 1.24. The molecule has 0 saturated heterocycles. The molecule has 0 radical (unpaired) electrons. The Morgan fingerprint density at radius 2 is 1.80 bits per heavy atom. The third kappa shape index (κ3) is 5.49. The van der Waals surface area contributed by atoms with E-state index in [0.29, 0.717) is 5.56 Å². The van der Waals surface area contributed by atoms with Gasteiger partial charge in [-0.25, -0.2) is 4.79 Å². The standard InChI is InChI=1S/C11H10F5NO3/c12-10(13)19-6-8(7-4-2-1-3-5-7)17-20-9(18)11(14,15)16/h1-5,8,10,17H,6H2/t8-/m1/s1. The summed E-state index contributed by atoms with van der Waals surface area (Å²) in [7, 11) is 0. The molecule has 0 amide bonds. The summed E-state index contributed by atoms with van der Waals surface area (Å²) in [5.74, 6) is -2.48. The predicted octanol–water partition coefficient (Wildman–Crippen LogP) is 2.58. The molecular weight excluding hydrogens is 289 g/mol. The topological polar surface area (TPSA) is 47.6 Å². The number of ether oxygens (including phenoxy) is 1. The van der Waals surface area contributed by atoms with Crippen LogP contribution in [0, 0.1) is 0 Å². The lowest BCUT2D eigenvalue weighted by Gasteiger charge is -2.18. The van der Waals surface area contributed by atoms with E-state index in [1.165, 1.54) is 24.3 Å². The first-order valence-corrected chi connectivity index (χ1v) is 5.29. The van der Waals surface area contributed by atoms with E-state index in [-0.39, 0.29) is 0 Å². The van der Waals surface area contributed by atoms with Gasteiger partial charge in [-0.1, -0.05) is 30.3 Å². The first-order chi connectivity index (χ1) is 9.30. The summed E-state index contributed by atoms with van der Waals surface area (Å²) < 4.78 is 63.8. The Kier molecular flexibility index (Phi) is 5.83. The molecule has 20 heavy (non-hydrogen) atoms. The van der Waals surface area contributed by atoms with E-state index < -0.39 is 31.4 Å². The molecule has 0 aromatic heterocycles. The summed E-state index contributed by atoms with van der Waals surface area (Å²) >= 11 is 0. The van der Waals surface area contributed by atoms with Crippen LogP contribution in [-0.4, -0.2) is 25.4 Å². The fourth-order valence-electron chi connectivity index (χ4n) is 1.24. The number of carbonyl (C=O) groups excluding carboxylic acids is 1. The summed E-state index contributed by atoms with van der Waals surface area (Å²) in [5, 5.41) is 0. The van der Waals surface area contributed by atoms with Crippen LogP contribution in [0.3, 0.4) is 0 Å². The van der Waals surface area contributed by atoms with Crippen LogP contribution in [-0.2, 0) is 14.4 Å². The molecule has 1 atom stereocenters. The zero-order valence-corrected chi connectivity index (χ0v) is 9.86. The third-order valence-electron chi connectivity index (χ3n) is 2.12. The van der Waals surface area contributed by atoms with Gasteiger partial charge in [-0.3, -0.25) is 0 Å². The summed E-state index contributed by atoms with van der Waals surface area (Å²) in [5.41, 5.74) is 2.09. The number of carbonyl (C=O) groups is 1. The Labute approximate surface area is 110 Å². The first kappa shape index (κ1) is 16.3. The van der Waals surface area contributed by atoms with Crippen molar-refractivity contribution in [3.8, 4) is 0 Å². The quantitative estimate of drug-likeness (QED) is 0.648. The molecule has 1 aromatic rings. The van der Waals surface area contributed by atoms with Crippen LogP contribution < -0.4 is 5.48 Å². The number of benzene rings is 1. The van der Waals surface area contributed by atoms with Gasteiger partial charge in [0.05, 0.1) is 12.6 Å². The average molecular weight is 299 g/mol. The number of halogens is 5. The van der Waals surface area contributed by atoms with Crippen molar-refractivity contribution >= 4 is 5.97 Å². The van der Waals surface area contributed by atoms with E-state index in [1.807, 2.05) is 0 Å². The molecule has 0 heterocycles. The molecule has 1 N–H and O–H groups in total. The minimum absolute atomic E-state index is 0.322. The van der Waals surface area contributed by atoms with Crippen molar-refractivity contribution in [2.24, 2.45) is 0 Å². The summed E-state index contributed by atoms with van der Waals surface area (Å²) in [6.07, 6.45) is -5.18. The normalized spacial score (nSPS) is 13.3. The van der Waals surface area contributed by atoms with Crippen LogP contribution in [0.4, 0.5) is 22.0 Å². The zero-order chi connectivity index (χ0) is 15.2. The Balaban J connectivity index is 2.66. The molecule has 0 aliphatic carbocycles. The van der Waals surface area contributed by atoms with E-state index in [4.69, 9.17) is 0 Å². The molecule has 4 nitrogen and oxygen atoms in total. The largest absolute Gasteiger partial charge is 0.492 e. The van der Waals surface area contributed by atoms with Gasteiger partial charge in [0.2, 0.25) is 0 Å². The number of hydroxylamine groups is 1. The van der Waals surface area contributed by atoms with Gasteiger partial charge in [0, 0.05) is 0 Å². The predicted molar refractivity (Wildman–Crippen MR) is 56.4 cm³/mol. The number of nitrogens with one attached hydrogen (secondary N) is 1. The van der Waals surface area contributed by atoms with Crippen molar-refractivity contribution in [3.63, 3.8) is 0 Å². The Morgan fingerprint density at radius 3 is 2.30 bits per heavy atom. The van der Waals surface area contributed by atoms with Crippen molar-refractivity contribution in [1.29, 1.82) is 0 Å². The van der Waals surface area contributed by atoms with Crippen molar-refractivity contribution < 1.29 is 36.3 Å². The number of hydrogen-bond donors (Lipinski definition) is 1. The number of alkyl halides is 5. The van der Waals surface area contributed by atoms with E-state index in [1.54, 1.807) is 11.5 Å². The molecular formula is C11H10F5NO3. The van der Waals surface area contributed by atoms with E-state index in [0.717, 1.165) is 0 Å². The smallest absolute Gasteiger partial charge is 0.363 e. The Morgan fingerprint density at radius 1 is 1.20 bits per heavy atom. The number of hydrogen-bond acceptors (Lipinski definition) is 4. The van der Waals surface area contributed by atoms with Gasteiger partial charge in [-0.15, -0.1) is 5.48 Å². The monoisotopic (exact) mass is 299 g/mol. The highest BCUT2D eigenvalue weighted by atomic mass is 19.4. The lowest BCUT2D eigenvalue weighted by Crippen LogP contribution is -2.35. The minimum atomic E-state index is -5.18. The lowest BCUT2D eigenvalue weighted by atomic mass is 10.1. The molecule has 1 rings (SSSR count). The maximum absolute atomic E-state index is 12.0. The highest BCUT2D eigenvalue weighted by Gasteiger charge is 2.41. The molecule has 0 aliphatic rings. The van der Waals surface area contributed by atoms with Crippen LogP contribution in [0.15, 0.2) is 30.3 Å². The van der Waals surface area contributed by atoms with Crippen molar-refractivity contribution in [1.82, 2.24) is 5.48 Å². The van der Waals surface area contributed by atoms with Gasteiger partial charge in [-0.2, -0.15) is 22.0 Å². The van der Waals surface area contributed by atoms with Crippen molar-refractivity contribution in [2.75, 3.05) is 6.61 Å². The van der Waals surface area contributed by atoms with Crippen LogP contribution in [0.2, 0.25) is 0 Å². The van der Waals surface area contributed by atoms with Crippen LogP contribution in [0.1, 0.15) is 11.6 Å². The second-order valence-corrected chi connectivity index (χ2v) is 3.56. The van der Waals surface area contributed by atoms with Crippen LogP contribution in [0.25, 0.3) is 0 Å². The Hall–Kier alpha value is -1.74. The van der Waals surface area contributed by atoms with E-state index in [9.17, 15) is 26.7 Å². The highest BCUT2D eigenvalue weighted by Crippen LogP contribution is 2.18. The number of rotatable bonds is 6. The highest BCUT2D eigenvalue weighted by molar-refractivity contribution is 5.75. The lowest BCUT2D eigenvalue weighted by molar-refractivity contribution is -0.211. The first-order valence-electron chi connectivity index (χ1n) is 5.29. The van der Waals surface area contributed by atoms with Gasteiger partial charge in [0.15, 0.2) is 0 Å². The molecule has 0 aliphatic heterocycles. The molecule has 0 spiro atoms. The molecule has 9 heteroatoms. The van der Waals surface area contributed by atoms with Gasteiger partial charge in [-0.05, 0) is 5.56 Å². The molecule has 112 valence electrons. The average Bonchev–Trinajstić information content (AvgIpc) is 2.38. The molecule has 1 aromatic carbocycles. The maximum Gasteiger partial charge on any atom is 0.492 e. The Bertz CT molecular complexity index is 424. The minimum Gasteiger partial charge on any atom is -0.363 e. The van der Waals surface area contributed by atoms with Crippen LogP contribution in [0.5, 0.6) is 0 Å². The van der Waals surface area contributed by atoms with Crippen molar-refractivity contribution in [3.05, 3.63) is 35.9 Å². The van der Waals surface area contributed by atoms with Gasteiger partial charge < -0.3 is 9.57 Å². The molecule has 0 fully saturated rings. The second-order valence-electron chi connectivity index (χ2n) is 3.56. The molecule has 0 unspecified atom stereocenters. The molecule has 0 saturated carbocycles. The fraction of sp³-hybridized carbons (Fsp3) is 0.364. The van der Waals surface area contributed by atoms with Crippen LogP contribution >= 0.6 is 0 Å². The second kappa shape index (κ2) is 7.15. The van der Waals surface area contributed by atoms with Crippen molar-refractivity contribution in [2.45, 2.75) is 18.8 Å².